The number of carboxylic acid groups (broad SMARTS) is 1. The fourth-order valence-electron chi connectivity index (χ4n) is 1.18. The molecule has 0 heterocycles. The van der Waals surface area contributed by atoms with Gasteiger partial charge in [-0.25, -0.2) is 9.18 Å². The monoisotopic (exact) mass is 235 g/mol. The van der Waals surface area contributed by atoms with Crippen molar-refractivity contribution in [1.29, 1.82) is 0 Å². The normalized spacial score (nSPS) is 10.2. The van der Waals surface area contributed by atoms with Crippen molar-refractivity contribution < 1.29 is 14.3 Å². The second kappa shape index (κ2) is 6.30. The lowest BCUT2D eigenvalue weighted by Crippen LogP contribution is -1.97. The second-order valence-corrected chi connectivity index (χ2v) is 3.19. The molecule has 0 spiro atoms. The van der Waals surface area contributed by atoms with Crippen LogP contribution in [0, 0.1) is 5.82 Å². The molecule has 1 rings (SSSR count). The van der Waals surface area contributed by atoms with Gasteiger partial charge in [-0.1, -0.05) is 23.3 Å². The Labute approximate surface area is 96.8 Å². The lowest BCUT2D eigenvalue weighted by atomic mass is 10.1. The molecule has 0 saturated heterocycles. The van der Waals surface area contributed by atoms with Crippen molar-refractivity contribution in [3.05, 3.63) is 51.7 Å². The molecule has 0 unspecified atom stereocenters. The Balaban J connectivity index is 2.72. The zero-order chi connectivity index (χ0) is 12.7. The number of hydrogen-bond donors (Lipinski definition) is 1. The van der Waals surface area contributed by atoms with Gasteiger partial charge in [0.05, 0.1) is 5.56 Å². The number of benzene rings is 1. The van der Waals surface area contributed by atoms with Crippen LogP contribution < -0.4 is 0 Å². The van der Waals surface area contributed by atoms with Crippen molar-refractivity contribution in [3.8, 4) is 0 Å². The average molecular weight is 235 g/mol. The Bertz CT molecular complexity index is 493. The Kier molecular flexibility index (Phi) is 4.72. The lowest BCUT2D eigenvalue weighted by Gasteiger charge is -1.98. The highest BCUT2D eigenvalue weighted by Crippen LogP contribution is 2.12. The summed E-state index contributed by atoms with van der Waals surface area (Å²) in [4.78, 5) is 13.1. The summed E-state index contributed by atoms with van der Waals surface area (Å²) in [5.74, 6) is -1.76. The van der Waals surface area contributed by atoms with E-state index in [-0.39, 0.29) is 5.56 Å². The molecule has 0 fully saturated rings. The van der Waals surface area contributed by atoms with Crippen LogP contribution in [0.2, 0.25) is 0 Å². The Morgan fingerprint density at radius 3 is 2.94 bits per heavy atom. The van der Waals surface area contributed by atoms with Gasteiger partial charge in [0.15, 0.2) is 0 Å². The van der Waals surface area contributed by atoms with Gasteiger partial charge in [-0.15, -0.1) is 0 Å². The maximum atomic E-state index is 13.4. The topological polar surface area (TPSA) is 86.1 Å². The third kappa shape index (κ3) is 3.96. The molecule has 0 radical (unpaired) electrons. The summed E-state index contributed by atoms with van der Waals surface area (Å²) in [5.41, 5.74) is 8.24. The van der Waals surface area contributed by atoms with Crippen LogP contribution in [-0.2, 0) is 0 Å². The van der Waals surface area contributed by atoms with Crippen molar-refractivity contribution in [2.75, 3.05) is 6.54 Å². The summed E-state index contributed by atoms with van der Waals surface area (Å²) in [6, 6.07) is 3.69. The van der Waals surface area contributed by atoms with Gasteiger partial charge in [0.2, 0.25) is 0 Å². The van der Waals surface area contributed by atoms with Crippen LogP contribution in [-0.4, -0.2) is 17.6 Å². The van der Waals surface area contributed by atoms with Crippen LogP contribution in [0.1, 0.15) is 22.3 Å². The highest BCUT2D eigenvalue weighted by Gasteiger charge is 2.05. The van der Waals surface area contributed by atoms with E-state index in [4.69, 9.17) is 10.6 Å². The van der Waals surface area contributed by atoms with Crippen molar-refractivity contribution in [2.24, 2.45) is 5.11 Å². The van der Waals surface area contributed by atoms with Crippen molar-refractivity contribution in [3.63, 3.8) is 0 Å². The van der Waals surface area contributed by atoms with E-state index in [0.717, 1.165) is 6.07 Å². The molecule has 5 nitrogen and oxygen atoms in total. The number of rotatable bonds is 5. The maximum Gasteiger partial charge on any atom is 0.335 e. The summed E-state index contributed by atoms with van der Waals surface area (Å²) < 4.78 is 13.4. The zero-order valence-electron chi connectivity index (χ0n) is 8.88. The fraction of sp³-hybridized carbons (Fsp3) is 0.182. The summed E-state index contributed by atoms with van der Waals surface area (Å²) in [6.07, 6.45) is 3.69. The van der Waals surface area contributed by atoms with Gasteiger partial charge in [0, 0.05) is 17.0 Å². The van der Waals surface area contributed by atoms with Gasteiger partial charge >= 0.3 is 5.97 Å². The number of nitrogens with zero attached hydrogens (tertiary/aromatic N) is 3. The minimum absolute atomic E-state index is 0.0891. The molecule has 6 heteroatoms. The molecule has 1 aromatic rings. The van der Waals surface area contributed by atoms with E-state index in [1.54, 1.807) is 6.08 Å². The van der Waals surface area contributed by atoms with Gasteiger partial charge in [0.1, 0.15) is 5.82 Å². The average Bonchev–Trinajstić information content (AvgIpc) is 2.30. The minimum Gasteiger partial charge on any atom is -0.478 e. The first kappa shape index (κ1) is 12.7. The van der Waals surface area contributed by atoms with Gasteiger partial charge in [-0.3, -0.25) is 0 Å². The number of aromatic carboxylic acids is 1. The van der Waals surface area contributed by atoms with Crippen LogP contribution in [0.4, 0.5) is 4.39 Å². The van der Waals surface area contributed by atoms with Crippen LogP contribution >= 0.6 is 0 Å². The quantitative estimate of drug-likeness (QED) is 0.367. The van der Waals surface area contributed by atoms with E-state index in [0.29, 0.717) is 18.5 Å². The molecule has 0 aromatic heterocycles. The van der Waals surface area contributed by atoms with Crippen molar-refractivity contribution in [2.45, 2.75) is 6.42 Å². The SMILES string of the molecule is [N-]=[N+]=NCCC=Cc1ccc(C(=O)O)cc1F. The third-order valence-corrected chi connectivity index (χ3v) is 2.00. The highest BCUT2D eigenvalue weighted by molar-refractivity contribution is 5.87. The first-order valence-electron chi connectivity index (χ1n) is 4.85. The number of azide groups is 1. The number of carbonyl (C=O) groups is 1. The van der Waals surface area contributed by atoms with Crippen LogP contribution in [0.5, 0.6) is 0 Å². The van der Waals surface area contributed by atoms with Gasteiger partial charge in [-0.05, 0) is 24.1 Å². The van der Waals surface area contributed by atoms with Crippen LogP contribution in [0.3, 0.4) is 0 Å². The molecule has 0 bridgehead atoms. The molecular formula is C11H10FN3O2. The molecule has 0 saturated carbocycles. The number of halogens is 1. The van der Waals surface area contributed by atoms with Gasteiger partial charge in [-0.2, -0.15) is 0 Å². The molecule has 0 aliphatic rings. The number of carboxylic acids is 1. The lowest BCUT2D eigenvalue weighted by molar-refractivity contribution is 0.0696. The van der Waals surface area contributed by atoms with Crippen molar-refractivity contribution in [1.82, 2.24) is 0 Å². The Morgan fingerprint density at radius 2 is 2.35 bits per heavy atom. The summed E-state index contributed by atoms with van der Waals surface area (Å²) in [6.45, 7) is 0.307. The van der Waals surface area contributed by atoms with E-state index in [1.165, 1.54) is 18.2 Å². The molecule has 17 heavy (non-hydrogen) atoms. The van der Waals surface area contributed by atoms with Crippen molar-refractivity contribution >= 4 is 12.0 Å². The molecule has 0 atom stereocenters. The summed E-state index contributed by atoms with van der Waals surface area (Å²) >= 11 is 0. The molecule has 1 N–H and O–H groups in total. The molecular weight excluding hydrogens is 225 g/mol. The van der Waals surface area contributed by atoms with E-state index in [9.17, 15) is 9.18 Å². The second-order valence-electron chi connectivity index (χ2n) is 3.19. The van der Waals surface area contributed by atoms with E-state index in [2.05, 4.69) is 10.0 Å². The highest BCUT2D eigenvalue weighted by atomic mass is 19.1. The van der Waals surface area contributed by atoms with Gasteiger partial charge in [0.25, 0.3) is 0 Å². The molecule has 88 valence electrons. The molecule has 0 aliphatic carbocycles. The van der Waals surface area contributed by atoms with E-state index >= 15 is 0 Å². The molecule has 0 aliphatic heterocycles. The predicted molar refractivity (Wildman–Crippen MR) is 61.0 cm³/mol. The van der Waals surface area contributed by atoms with Crippen LogP contribution in [0.25, 0.3) is 16.5 Å². The van der Waals surface area contributed by atoms with Crippen LogP contribution in [0.15, 0.2) is 29.4 Å². The first-order chi connectivity index (χ1) is 8.15. The minimum atomic E-state index is -1.16. The zero-order valence-corrected chi connectivity index (χ0v) is 8.88. The van der Waals surface area contributed by atoms with E-state index in [1.807, 2.05) is 0 Å². The standard InChI is InChI=1S/C11H10FN3O2/c12-10-7-9(11(16)17)5-4-8(10)3-1-2-6-14-15-13/h1,3-5,7H,2,6H2,(H,16,17). The first-order valence-corrected chi connectivity index (χ1v) is 4.85. The third-order valence-electron chi connectivity index (χ3n) is 2.00. The smallest absolute Gasteiger partial charge is 0.335 e. The Hall–Kier alpha value is -2.33. The van der Waals surface area contributed by atoms with E-state index < -0.39 is 11.8 Å². The number of hydrogen-bond acceptors (Lipinski definition) is 2. The summed E-state index contributed by atoms with van der Waals surface area (Å²) in [7, 11) is 0. The Morgan fingerprint density at radius 1 is 1.59 bits per heavy atom. The molecule has 1 aromatic carbocycles. The predicted octanol–water partition coefficient (Wildman–Crippen LogP) is 3.24. The maximum absolute atomic E-state index is 13.4. The largest absolute Gasteiger partial charge is 0.478 e. The fourth-order valence-corrected chi connectivity index (χ4v) is 1.18. The van der Waals surface area contributed by atoms with Gasteiger partial charge < -0.3 is 5.11 Å². The molecule has 0 amide bonds. The summed E-state index contributed by atoms with van der Waals surface area (Å²) in [5, 5.41) is 12.0.